The number of para-hydroxylation sites is 1. The lowest BCUT2D eigenvalue weighted by Gasteiger charge is -2.18. The summed E-state index contributed by atoms with van der Waals surface area (Å²) in [6, 6.07) is 9.84. The molecule has 0 aliphatic rings. The van der Waals surface area contributed by atoms with E-state index in [9.17, 15) is 0 Å². The Morgan fingerprint density at radius 2 is 1.77 bits per heavy atom. The highest BCUT2D eigenvalue weighted by molar-refractivity contribution is 6.46. The van der Waals surface area contributed by atoms with Crippen LogP contribution in [0, 0.1) is 0 Å². The molecule has 0 fully saturated rings. The van der Waals surface area contributed by atoms with Gasteiger partial charge >= 0.3 is 9.28 Å². The summed E-state index contributed by atoms with van der Waals surface area (Å²) in [7, 11) is 0.209. The summed E-state index contributed by atoms with van der Waals surface area (Å²) >= 11 is 0. The summed E-state index contributed by atoms with van der Waals surface area (Å²) < 4.78 is 11.1. The molecule has 0 radical (unpaired) electrons. The van der Waals surface area contributed by atoms with E-state index in [4.69, 9.17) is 8.85 Å². The zero-order valence-corrected chi connectivity index (χ0v) is 9.51. The summed E-state index contributed by atoms with van der Waals surface area (Å²) in [4.78, 5) is 0. The van der Waals surface area contributed by atoms with Crippen LogP contribution in [0.4, 0.5) is 0 Å². The van der Waals surface area contributed by atoms with Crippen molar-refractivity contribution in [3.63, 3.8) is 0 Å². The van der Waals surface area contributed by atoms with Crippen LogP contribution in [0.15, 0.2) is 30.3 Å². The quantitative estimate of drug-likeness (QED) is 0.688. The molecule has 0 saturated heterocycles. The average molecular weight is 196 g/mol. The van der Waals surface area contributed by atoms with Crippen LogP contribution >= 0.6 is 0 Å². The van der Waals surface area contributed by atoms with Gasteiger partial charge in [-0.25, -0.2) is 0 Å². The summed E-state index contributed by atoms with van der Waals surface area (Å²) in [6.45, 7) is 4.26. The lowest BCUT2D eigenvalue weighted by atomic mass is 10.3. The van der Waals surface area contributed by atoms with Crippen LogP contribution in [0.5, 0.6) is 5.75 Å². The number of hydrogen-bond donors (Lipinski definition) is 0. The monoisotopic (exact) mass is 196 g/mol. The van der Waals surface area contributed by atoms with Gasteiger partial charge in [-0.1, -0.05) is 32.0 Å². The van der Waals surface area contributed by atoms with Crippen LogP contribution in [-0.2, 0) is 4.43 Å². The molecule has 0 aliphatic heterocycles. The normalized spacial score (nSPS) is 12.9. The first-order chi connectivity index (χ1) is 6.24. The maximum atomic E-state index is 5.74. The van der Waals surface area contributed by atoms with Gasteiger partial charge in [-0.2, -0.15) is 0 Å². The molecule has 0 aliphatic carbocycles. The van der Waals surface area contributed by atoms with Gasteiger partial charge in [-0.3, -0.25) is 0 Å². The molecular formula is C10H16O2Si. The Morgan fingerprint density at radius 1 is 1.15 bits per heavy atom. The molecule has 1 aromatic carbocycles. The van der Waals surface area contributed by atoms with E-state index in [2.05, 4.69) is 13.8 Å². The second kappa shape index (κ2) is 5.04. The highest BCUT2D eigenvalue weighted by atomic mass is 28.3. The minimum Gasteiger partial charge on any atom is -0.522 e. The zero-order chi connectivity index (χ0) is 9.68. The number of benzene rings is 1. The summed E-state index contributed by atoms with van der Waals surface area (Å²) in [6.07, 6.45) is 0. The van der Waals surface area contributed by atoms with Crippen molar-refractivity contribution in [3.8, 4) is 5.75 Å². The molecule has 1 rings (SSSR count). The van der Waals surface area contributed by atoms with Gasteiger partial charge in [0.05, 0.1) is 0 Å². The van der Waals surface area contributed by atoms with Gasteiger partial charge in [0.2, 0.25) is 0 Å². The predicted octanol–water partition coefficient (Wildman–Crippen LogP) is 2.34. The van der Waals surface area contributed by atoms with Crippen LogP contribution in [0.3, 0.4) is 0 Å². The van der Waals surface area contributed by atoms with Gasteiger partial charge in [0.15, 0.2) is 0 Å². The van der Waals surface area contributed by atoms with Gasteiger partial charge in [0.1, 0.15) is 5.75 Å². The molecule has 72 valence electrons. The van der Waals surface area contributed by atoms with E-state index in [-0.39, 0.29) is 0 Å². The van der Waals surface area contributed by atoms with Crippen LogP contribution in [-0.4, -0.2) is 16.4 Å². The van der Waals surface area contributed by atoms with Crippen molar-refractivity contribution in [3.05, 3.63) is 30.3 Å². The standard InChI is InChI=1S/C10H16O2Si/c1-9(2)13(11-3)12-10-7-5-4-6-8-10/h4-9,13H,1-3H3. The first-order valence-corrected chi connectivity index (χ1v) is 6.09. The maximum absolute atomic E-state index is 5.74. The number of rotatable bonds is 4. The second-order valence-corrected chi connectivity index (χ2v) is 6.06. The van der Waals surface area contributed by atoms with Crippen LogP contribution in [0.1, 0.15) is 13.8 Å². The second-order valence-electron chi connectivity index (χ2n) is 3.28. The van der Waals surface area contributed by atoms with Crippen LogP contribution in [0.2, 0.25) is 5.54 Å². The first kappa shape index (κ1) is 10.3. The predicted molar refractivity (Wildman–Crippen MR) is 56.3 cm³/mol. The van der Waals surface area contributed by atoms with Gasteiger partial charge < -0.3 is 8.85 Å². The molecule has 1 unspecified atom stereocenters. The molecule has 3 heteroatoms. The Hall–Kier alpha value is -0.803. The summed E-state index contributed by atoms with van der Waals surface area (Å²) in [5, 5.41) is 0. The molecule has 1 aromatic rings. The van der Waals surface area contributed by atoms with Gasteiger partial charge in [0, 0.05) is 12.7 Å². The molecule has 1 atom stereocenters. The van der Waals surface area contributed by atoms with E-state index >= 15 is 0 Å². The van der Waals surface area contributed by atoms with E-state index in [1.54, 1.807) is 7.11 Å². The third-order valence-electron chi connectivity index (χ3n) is 1.77. The maximum Gasteiger partial charge on any atom is 0.384 e. The highest BCUT2D eigenvalue weighted by Crippen LogP contribution is 2.15. The molecule has 0 N–H and O–H groups in total. The molecule has 0 amide bonds. The first-order valence-electron chi connectivity index (χ1n) is 4.48. The molecule has 0 bridgehead atoms. The van der Waals surface area contributed by atoms with Crippen molar-refractivity contribution >= 4 is 9.28 Å². The molecule has 13 heavy (non-hydrogen) atoms. The van der Waals surface area contributed by atoms with Gasteiger partial charge in [-0.05, 0) is 12.1 Å². The SMILES string of the molecule is CO[SiH](Oc1ccccc1)C(C)C. The van der Waals surface area contributed by atoms with E-state index in [1.807, 2.05) is 30.3 Å². The smallest absolute Gasteiger partial charge is 0.384 e. The van der Waals surface area contributed by atoms with Crippen molar-refractivity contribution in [2.45, 2.75) is 19.4 Å². The van der Waals surface area contributed by atoms with Crippen molar-refractivity contribution in [2.24, 2.45) is 0 Å². The lowest BCUT2D eigenvalue weighted by molar-refractivity contribution is 0.324. The summed E-state index contributed by atoms with van der Waals surface area (Å²) in [5.74, 6) is 0.912. The third kappa shape index (κ3) is 3.20. The zero-order valence-electron chi connectivity index (χ0n) is 8.36. The van der Waals surface area contributed by atoms with E-state index < -0.39 is 9.28 Å². The van der Waals surface area contributed by atoms with E-state index in [0.717, 1.165) is 5.75 Å². The lowest BCUT2D eigenvalue weighted by Crippen LogP contribution is -2.28. The minimum absolute atomic E-state index is 0.491. The molecule has 0 aromatic heterocycles. The minimum atomic E-state index is -1.51. The number of hydrogen-bond acceptors (Lipinski definition) is 2. The fraction of sp³-hybridized carbons (Fsp3) is 0.400. The Balaban J connectivity index is 2.57. The Bertz CT molecular complexity index is 236. The van der Waals surface area contributed by atoms with Crippen LogP contribution in [0.25, 0.3) is 0 Å². The Kier molecular flexibility index (Phi) is 3.99. The fourth-order valence-electron chi connectivity index (χ4n) is 1.09. The fourth-order valence-corrected chi connectivity index (χ4v) is 2.43. The van der Waals surface area contributed by atoms with Crippen molar-refractivity contribution in [1.29, 1.82) is 0 Å². The molecule has 0 spiro atoms. The largest absolute Gasteiger partial charge is 0.522 e. The topological polar surface area (TPSA) is 18.5 Å². The highest BCUT2D eigenvalue weighted by Gasteiger charge is 2.17. The third-order valence-corrected chi connectivity index (χ3v) is 3.83. The van der Waals surface area contributed by atoms with Crippen molar-refractivity contribution in [2.75, 3.05) is 7.11 Å². The molecular weight excluding hydrogens is 180 g/mol. The Labute approximate surface area is 81.3 Å². The molecule has 0 saturated carbocycles. The Morgan fingerprint density at radius 3 is 2.23 bits per heavy atom. The van der Waals surface area contributed by atoms with Gasteiger partial charge in [-0.15, -0.1) is 0 Å². The van der Waals surface area contributed by atoms with Crippen LogP contribution < -0.4 is 4.43 Å². The molecule has 2 nitrogen and oxygen atoms in total. The van der Waals surface area contributed by atoms with Gasteiger partial charge in [0.25, 0.3) is 0 Å². The van der Waals surface area contributed by atoms with E-state index in [1.165, 1.54) is 0 Å². The summed E-state index contributed by atoms with van der Waals surface area (Å²) in [5.41, 5.74) is 0.491. The average Bonchev–Trinajstić information content (AvgIpc) is 2.15. The molecule has 0 heterocycles. The van der Waals surface area contributed by atoms with Crippen molar-refractivity contribution in [1.82, 2.24) is 0 Å². The van der Waals surface area contributed by atoms with E-state index in [0.29, 0.717) is 5.54 Å². The van der Waals surface area contributed by atoms with Crippen molar-refractivity contribution < 1.29 is 8.85 Å².